The van der Waals surface area contributed by atoms with Gasteiger partial charge in [-0.25, -0.2) is 9.59 Å². The molecule has 3 N–H and O–H groups in total. The Morgan fingerprint density at radius 1 is 1.44 bits per heavy atom. The molecule has 3 amide bonds. The Bertz CT molecular complexity index is 286. The van der Waals surface area contributed by atoms with Crippen LogP contribution in [0.3, 0.4) is 0 Å². The zero-order valence-electron chi connectivity index (χ0n) is 9.95. The van der Waals surface area contributed by atoms with Crippen LogP contribution in [0.15, 0.2) is 0 Å². The lowest BCUT2D eigenvalue weighted by molar-refractivity contribution is 0.0291. The SMILES string of the molecule is CC(C)(C)OC(=O)N1CCC(NC(N)=O)C1. The fraction of sp³-hybridized carbons (Fsp3) is 0.800. The number of urea groups is 1. The van der Waals surface area contributed by atoms with Crippen molar-refractivity contribution in [2.24, 2.45) is 5.73 Å². The molecule has 0 aromatic heterocycles. The number of likely N-dealkylation sites (tertiary alicyclic amines) is 1. The Kier molecular flexibility index (Phi) is 3.62. The third kappa shape index (κ3) is 3.96. The molecule has 1 aliphatic rings. The molecule has 1 rings (SSSR count). The Morgan fingerprint density at radius 2 is 2.06 bits per heavy atom. The monoisotopic (exact) mass is 229 g/mol. The molecule has 0 aromatic rings. The predicted molar refractivity (Wildman–Crippen MR) is 58.9 cm³/mol. The summed E-state index contributed by atoms with van der Waals surface area (Å²) in [4.78, 5) is 23.9. The van der Waals surface area contributed by atoms with Crippen LogP contribution in [-0.2, 0) is 4.74 Å². The lowest BCUT2D eigenvalue weighted by Crippen LogP contribution is -2.42. The minimum atomic E-state index is -0.559. The first-order valence-electron chi connectivity index (χ1n) is 5.32. The number of hydrogen-bond acceptors (Lipinski definition) is 3. The standard InChI is InChI=1S/C10H19N3O3/c1-10(2,3)16-9(15)13-5-4-7(6-13)12-8(11)14/h7H,4-6H2,1-3H3,(H3,11,12,14). The Morgan fingerprint density at radius 3 is 2.56 bits per heavy atom. The summed E-state index contributed by atoms with van der Waals surface area (Å²) in [5.41, 5.74) is 4.52. The number of carbonyl (C=O) groups is 2. The maximum atomic E-state index is 11.7. The molecule has 6 heteroatoms. The molecule has 1 unspecified atom stereocenters. The third-order valence-electron chi connectivity index (χ3n) is 2.19. The number of nitrogens with one attached hydrogen (secondary N) is 1. The molecule has 92 valence electrons. The lowest BCUT2D eigenvalue weighted by Gasteiger charge is -2.24. The number of carbonyl (C=O) groups excluding carboxylic acids is 2. The summed E-state index contributed by atoms with van der Waals surface area (Å²) < 4.78 is 5.22. The fourth-order valence-corrected chi connectivity index (χ4v) is 1.57. The fourth-order valence-electron chi connectivity index (χ4n) is 1.57. The Hall–Kier alpha value is -1.46. The van der Waals surface area contributed by atoms with Gasteiger partial charge < -0.3 is 20.7 Å². The summed E-state index contributed by atoms with van der Waals surface area (Å²) in [6, 6.07) is -0.624. The molecule has 0 aliphatic carbocycles. The first-order chi connectivity index (χ1) is 7.28. The van der Waals surface area contributed by atoms with Gasteiger partial charge in [0.25, 0.3) is 0 Å². The van der Waals surface area contributed by atoms with Gasteiger partial charge >= 0.3 is 12.1 Å². The van der Waals surface area contributed by atoms with E-state index in [1.807, 2.05) is 20.8 Å². The van der Waals surface area contributed by atoms with E-state index in [-0.39, 0.29) is 12.1 Å². The van der Waals surface area contributed by atoms with Crippen molar-refractivity contribution in [3.05, 3.63) is 0 Å². The first-order valence-corrected chi connectivity index (χ1v) is 5.32. The third-order valence-corrected chi connectivity index (χ3v) is 2.19. The highest BCUT2D eigenvalue weighted by atomic mass is 16.6. The van der Waals surface area contributed by atoms with Crippen LogP contribution in [0.2, 0.25) is 0 Å². The normalized spacial score (nSPS) is 20.7. The number of nitrogens with two attached hydrogens (primary N) is 1. The highest BCUT2D eigenvalue weighted by Crippen LogP contribution is 2.15. The van der Waals surface area contributed by atoms with Gasteiger partial charge in [0, 0.05) is 19.1 Å². The summed E-state index contributed by atoms with van der Waals surface area (Å²) in [6.07, 6.45) is 0.364. The Labute approximate surface area is 95.1 Å². The van der Waals surface area contributed by atoms with Gasteiger partial charge in [-0.3, -0.25) is 0 Å². The number of primary amides is 1. The average molecular weight is 229 g/mol. The molecule has 1 fully saturated rings. The lowest BCUT2D eigenvalue weighted by atomic mass is 10.2. The minimum Gasteiger partial charge on any atom is -0.444 e. The molecule has 1 saturated heterocycles. The molecule has 0 saturated carbocycles. The molecule has 16 heavy (non-hydrogen) atoms. The highest BCUT2D eigenvalue weighted by Gasteiger charge is 2.29. The molecule has 1 heterocycles. The van der Waals surface area contributed by atoms with E-state index < -0.39 is 11.6 Å². The van der Waals surface area contributed by atoms with E-state index in [4.69, 9.17) is 10.5 Å². The van der Waals surface area contributed by atoms with Crippen molar-refractivity contribution >= 4 is 12.1 Å². The molecule has 1 atom stereocenters. The van der Waals surface area contributed by atoms with E-state index in [9.17, 15) is 9.59 Å². The molecular weight excluding hydrogens is 210 g/mol. The van der Waals surface area contributed by atoms with Gasteiger partial charge in [0.2, 0.25) is 0 Å². The van der Waals surface area contributed by atoms with Crippen molar-refractivity contribution in [2.45, 2.75) is 38.8 Å². The second-order valence-electron chi connectivity index (χ2n) is 4.92. The van der Waals surface area contributed by atoms with Crippen LogP contribution in [0.5, 0.6) is 0 Å². The number of ether oxygens (including phenoxy) is 1. The molecular formula is C10H19N3O3. The van der Waals surface area contributed by atoms with E-state index in [2.05, 4.69) is 5.32 Å². The van der Waals surface area contributed by atoms with Gasteiger partial charge in [-0.1, -0.05) is 0 Å². The van der Waals surface area contributed by atoms with Crippen LogP contribution in [0.1, 0.15) is 27.2 Å². The largest absolute Gasteiger partial charge is 0.444 e. The van der Waals surface area contributed by atoms with Crippen LogP contribution >= 0.6 is 0 Å². The van der Waals surface area contributed by atoms with E-state index in [0.29, 0.717) is 19.5 Å². The van der Waals surface area contributed by atoms with Crippen LogP contribution in [0, 0.1) is 0 Å². The van der Waals surface area contributed by atoms with Crippen LogP contribution < -0.4 is 11.1 Å². The van der Waals surface area contributed by atoms with Gasteiger partial charge in [0.05, 0.1) is 0 Å². The second-order valence-corrected chi connectivity index (χ2v) is 4.92. The van der Waals surface area contributed by atoms with E-state index in [1.54, 1.807) is 4.90 Å². The average Bonchev–Trinajstić information content (AvgIpc) is 2.48. The minimum absolute atomic E-state index is 0.0648. The number of rotatable bonds is 1. The quantitative estimate of drug-likeness (QED) is 0.692. The maximum Gasteiger partial charge on any atom is 0.410 e. The molecule has 0 radical (unpaired) electrons. The van der Waals surface area contributed by atoms with Gasteiger partial charge in [0.1, 0.15) is 5.60 Å². The van der Waals surface area contributed by atoms with Crippen molar-refractivity contribution in [3.8, 4) is 0 Å². The molecule has 0 spiro atoms. The van der Waals surface area contributed by atoms with Crippen molar-refractivity contribution in [1.82, 2.24) is 10.2 Å². The summed E-state index contributed by atoms with van der Waals surface area (Å²) in [6.45, 7) is 6.50. The highest BCUT2D eigenvalue weighted by molar-refractivity contribution is 5.72. The number of hydrogen-bond donors (Lipinski definition) is 2. The molecule has 6 nitrogen and oxygen atoms in total. The van der Waals surface area contributed by atoms with Gasteiger partial charge in [0.15, 0.2) is 0 Å². The second kappa shape index (κ2) is 4.59. The first kappa shape index (κ1) is 12.6. The van der Waals surface area contributed by atoms with E-state index >= 15 is 0 Å². The summed E-state index contributed by atoms with van der Waals surface area (Å²) in [5, 5.41) is 2.58. The van der Waals surface area contributed by atoms with Crippen molar-refractivity contribution in [3.63, 3.8) is 0 Å². The van der Waals surface area contributed by atoms with Gasteiger partial charge in [-0.2, -0.15) is 0 Å². The number of amides is 3. The van der Waals surface area contributed by atoms with E-state index in [0.717, 1.165) is 0 Å². The van der Waals surface area contributed by atoms with E-state index in [1.165, 1.54) is 0 Å². The van der Waals surface area contributed by atoms with Crippen LogP contribution in [0.25, 0.3) is 0 Å². The van der Waals surface area contributed by atoms with Crippen molar-refractivity contribution in [1.29, 1.82) is 0 Å². The maximum absolute atomic E-state index is 11.7. The van der Waals surface area contributed by atoms with Crippen molar-refractivity contribution in [2.75, 3.05) is 13.1 Å². The van der Waals surface area contributed by atoms with Crippen LogP contribution in [-0.4, -0.2) is 41.8 Å². The summed E-state index contributed by atoms with van der Waals surface area (Å²) in [5.74, 6) is 0. The van der Waals surface area contributed by atoms with Gasteiger partial charge in [-0.15, -0.1) is 0 Å². The molecule has 0 bridgehead atoms. The zero-order chi connectivity index (χ0) is 12.3. The van der Waals surface area contributed by atoms with Crippen LogP contribution in [0.4, 0.5) is 9.59 Å². The summed E-state index contributed by atoms with van der Waals surface area (Å²) >= 11 is 0. The summed E-state index contributed by atoms with van der Waals surface area (Å²) in [7, 11) is 0. The smallest absolute Gasteiger partial charge is 0.410 e. The Balaban J connectivity index is 2.41. The topological polar surface area (TPSA) is 84.7 Å². The molecule has 1 aliphatic heterocycles. The molecule has 0 aromatic carbocycles. The van der Waals surface area contributed by atoms with Gasteiger partial charge in [-0.05, 0) is 27.2 Å². The predicted octanol–water partition coefficient (Wildman–Crippen LogP) is 0.664. The van der Waals surface area contributed by atoms with Crippen molar-refractivity contribution < 1.29 is 14.3 Å². The zero-order valence-corrected chi connectivity index (χ0v) is 9.95. The number of nitrogens with zero attached hydrogens (tertiary/aromatic N) is 1.